The van der Waals surface area contributed by atoms with E-state index in [0.717, 1.165) is 10.0 Å². The lowest BCUT2D eigenvalue weighted by atomic mass is 9.57. The van der Waals surface area contributed by atoms with Crippen molar-refractivity contribution in [1.29, 1.82) is 0 Å². The molecule has 0 heterocycles. The van der Waals surface area contributed by atoms with Crippen molar-refractivity contribution in [3.63, 3.8) is 0 Å². The third-order valence-corrected chi connectivity index (χ3v) is 4.95. The van der Waals surface area contributed by atoms with Crippen LogP contribution in [0.4, 0.5) is 0 Å². The van der Waals surface area contributed by atoms with Crippen LogP contribution in [0.1, 0.15) is 29.9 Å². The second kappa shape index (κ2) is 5.06. The molecular formula is C17H15BrO2. The van der Waals surface area contributed by atoms with Crippen LogP contribution in [0.3, 0.4) is 0 Å². The minimum absolute atomic E-state index is 0.333. The Morgan fingerprint density at radius 2 is 1.65 bits per heavy atom. The van der Waals surface area contributed by atoms with Crippen molar-refractivity contribution in [3.05, 3.63) is 70.2 Å². The predicted molar refractivity (Wildman–Crippen MR) is 81.9 cm³/mol. The van der Waals surface area contributed by atoms with Gasteiger partial charge < -0.3 is 5.11 Å². The zero-order valence-electron chi connectivity index (χ0n) is 10.9. The van der Waals surface area contributed by atoms with Gasteiger partial charge in [0.05, 0.1) is 5.41 Å². The van der Waals surface area contributed by atoms with Gasteiger partial charge in [0.2, 0.25) is 0 Å². The van der Waals surface area contributed by atoms with Gasteiger partial charge in [-0.2, -0.15) is 0 Å². The quantitative estimate of drug-likeness (QED) is 0.908. The minimum atomic E-state index is -0.749. The molecule has 0 bridgehead atoms. The van der Waals surface area contributed by atoms with Crippen LogP contribution in [0.15, 0.2) is 59.1 Å². The van der Waals surface area contributed by atoms with Gasteiger partial charge in [0.15, 0.2) is 0 Å². The smallest absolute Gasteiger partial charge is 0.314 e. The van der Waals surface area contributed by atoms with Gasteiger partial charge in [0, 0.05) is 4.47 Å². The second-order valence-electron chi connectivity index (χ2n) is 5.38. The fourth-order valence-electron chi connectivity index (χ4n) is 3.10. The summed E-state index contributed by atoms with van der Waals surface area (Å²) >= 11 is 3.49. The predicted octanol–water partition coefficient (Wildman–Crippen LogP) is 4.35. The highest BCUT2D eigenvalue weighted by molar-refractivity contribution is 9.10. The van der Waals surface area contributed by atoms with Crippen molar-refractivity contribution < 1.29 is 9.90 Å². The standard InChI is InChI=1S/C17H15BrO2/c18-15-9-5-4-8-14(15)17(16(19)20)10-13(11-17)12-6-2-1-3-7-12/h1-9,13H,10-11H2,(H,19,20). The topological polar surface area (TPSA) is 37.3 Å². The molecule has 3 rings (SSSR count). The highest BCUT2D eigenvalue weighted by atomic mass is 79.9. The summed E-state index contributed by atoms with van der Waals surface area (Å²) in [4.78, 5) is 11.8. The molecule has 2 nitrogen and oxygen atoms in total. The fourth-order valence-corrected chi connectivity index (χ4v) is 3.77. The molecule has 2 aromatic rings. The first-order valence-electron chi connectivity index (χ1n) is 6.67. The number of carbonyl (C=O) groups is 1. The lowest BCUT2D eigenvalue weighted by molar-refractivity contribution is -0.148. The van der Waals surface area contributed by atoms with Crippen LogP contribution >= 0.6 is 15.9 Å². The van der Waals surface area contributed by atoms with Gasteiger partial charge in [-0.3, -0.25) is 4.79 Å². The van der Waals surface area contributed by atoms with Crippen molar-refractivity contribution in [1.82, 2.24) is 0 Å². The highest BCUT2D eigenvalue weighted by Crippen LogP contribution is 2.54. The van der Waals surface area contributed by atoms with Crippen LogP contribution in [0.25, 0.3) is 0 Å². The number of halogens is 1. The molecule has 0 saturated heterocycles. The normalized spacial score (nSPS) is 24.9. The summed E-state index contributed by atoms with van der Waals surface area (Å²) in [5, 5.41) is 9.71. The first-order chi connectivity index (χ1) is 9.63. The molecule has 0 amide bonds. The van der Waals surface area contributed by atoms with Crippen LogP contribution < -0.4 is 0 Å². The van der Waals surface area contributed by atoms with Gasteiger partial charge in [-0.15, -0.1) is 0 Å². The second-order valence-corrected chi connectivity index (χ2v) is 6.24. The Hall–Kier alpha value is -1.61. The van der Waals surface area contributed by atoms with E-state index in [1.165, 1.54) is 5.56 Å². The van der Waals surface area contributed by atoms with Crippen LogP contribution in [-0.4, -0.2) is 11.1 Å². The maximum absolute atomic E-state index is 11.8. The monoisotopic (exact) mass is 330 g/mol. The molecule has 1 aliphatic rings. The maximum Gasteiger partial charge on any atom is 0.314 e. The highest BCUT2D eigenvalue weighted by Gasteiger charge is 2.52. The van der Waals surface area contributed by atoms with E-state index >= 15 is 0 Å². The summed E-state index contributed by atoms with van der Waals surface area (Å²) < 4.78 is 0.883. The average molecular weight is 331 g/mol. The lowest BCUT2D eigenvalue weighted by Crippen LogP contribution is -2.47. The van der Waals surface area contributed by atoms with Crippen LogP contribution in [0, 0.1) is 0 Å². The third kappa shape index (κ3) is 2.06. The summed E-state index contributed by atoms with van der Waals surface area (Å²) in [5.41, 5.74) is 1.37. The molecule has 0 spiro atoms. The number of carboxylic acids is 1. The van der Waals surface area contributed by atoms with E-state index in [0.29, 0.717) is 18.8 Å². The molecule has 0 radical (unpaired) electrons. The van der Waals surface area contributed by atoms with E-state index in [9.17, 15) is 9.90 Å². The molecule has 1 N–H and O–H groups in total. The average Bonchev–Trinajstić information content (AvgIpc) is 2.40. The Bertz CT molecular complexity index is 630. The summed E-state index contributed by atoms with van der Waals surface area (Å²) in [6, 6.07) is 17.8. The number of rotatable bonds is 3. The maximum atomic E-state index is 11.8. The van der Waals surface area contributed by atoms with Gasteiger partial charge in [0.1, 0.15) is 0 Å². The Morgan fingerprint density at radius 1 is 1.05 bits per heavy atom. The van der Waals surface area contributed by atoms with Gasteiger partial charge in [-0.1, -0.05) is 64.5 Å². The van der Waals surface area contributed by atoms with E-state index < -0.39 is 11.4 Å². The van der Waals surface area contributed by atoms with Crippen molar-refractivity contribution >= 4 is 21.9 Å². The Labute approximate surface area is 126 Å². The number of aliphatic carboxylic acids is 1. The van der Waals surface area contributed by atoms with E-state index in [-0.39, 0.29) is 0 Å². The number of hydrogen-bond acceptors (Lipinski definition) is 1. The van der Waals surface area contributed by atoms with Crippen LogP contribution in [0.5, 0.6) is 0 Å². The van der Waals surface area contributed by atoms with Gasteiger partial charge in [-0.05, 0) is 36.0 Å². The molecule has 0 unspecified atom stereocenters. The molecule has 0 atom stereocenters. The lowest BCUT2D eigenvalue weighted by Gasteiger charge is -2.45. The van der Waals surface area contributed by atoms with Crippen LogP contribution in [0.2, 0.25) is 0 Å². The summed E-state index contributed by atoms with van der Waals surface area (Å²) in [6.45, 7) is 0. The molecule has 0 aliphatic heterocycles. The van der Waals surface area contributed by atoms with E-state index in [4.69, 9.17) is 0 Å². The molecule has 1 aliphatic carbocycles. The van der Waals surface area contributed by atoms with Crippen LogP contribution in [-0.2, 0) is 10.2 Å². The van der Waals surface area contributed by atoms with Crippen molar-refractivity contribution in [2.75, 3.05) is 0 Å². The zero-order valence-corrected chi connectivity index (χ0v) is 12.5. The number of benzene rings is 2. The van der Waals surface area contributed by atoms with Gasteiger partial charge in [0.25, 0.3) is 0 Å². The Morgan fingerprint density at radius 3 is 2.25 bits per heavy atom. The molecular weight excluding hydrogens is 316 g/mol. The summed E-state index contributed by atoms with van der Waals surface area (Å²) in [5.74, 6) is -0.393. The van der Waals surface area contributed by atoms with Gasteiger partial charge in [-0.25, -0.2) is 0 Å². The SMILES string of the molecule is O=C(O)C1(c2ccccc2Br)CC(c2ccccc2)C1. The molecule has 1 saturated carbocycles. The molecule has 2 aromatic carbocycles. The van der Waals surface area contributed by atoms with Gasteiger partial charge >= 0.3 is 5.97 Å². The number of carboxylic acid groups (broad SMARTS) is 1. The fraction of sp³-hybridized carbons (Fsp3) is 0.235. The summed E-state index contributed by atoms with van der Waals surface area (Å²) in [7, 11) is 0. The van der Waals surface area contributed by atoms with E-state index in [1.807, 2.05) is 42.5 Å². The Kier molecular flexibility index (Phi) is 3.38. The first kappa shape index (κ1) is 13.4. The minimum Gasteiger partial charge on any atom is -0.481 e. The Balaban J connectivity index is 1.91. The summed E-state index contributed by atoms with van der Waals surface area (Å²) in [6.07, 6.45) is 1.32. The number of hydrogen-bond donors (Lipinski definition) is 1. The van der Waals surface area contributed by atoms with Crippen molar-refractivity contribution in [3.8, 4) is 0 Å². The molecule has 102 valence electrons. The first-order valence-corrected chi connectivity index (χ1v) is 7.46. The van der Waals surface area contributed by atoms with Crippen molar-refractivity contribution in [2.24, 2.45) is 0 Å². The van der Waals surface area contributed by atoms with Crippen molar-refractivity contribution in [2.45, 2.75) is 24.2 Å². The van der Waals surface area contributed by atoms with E-state index in [2.05, 4.69) is 28.1 Å². The third-order valence-electron chi connectivity index (χ3n) is 4.26. The largest absolute Gasteiger partial charge is 0.481 e. The molecule has 3 heteroatoms. The molecule has 20 heavy (non-hydrogen) atoms. The molecule has 1 fully saturated rings. The molecule has 0 aromatic heterocycles. The van der Waals surface area contributed by atoms with E-state index in [1.54, 1.807) is 0 Å². The zero-order chi connectivity index (χ0) is 14.2.